The summed E-state index contributed by atoms with van der Waals surface area (Å²) in [6, 6.07) is 14.6. The second-order valence-corrected chi connectivity index (χ2v) is 9.77. The maximum atomic E-state index is 14.7. The number of hydrogen-bond acceptors (Lipinski definition) is 2. The molecule has 198 valence electrons. The topological polar surface area (TPSA) is 18.5 Å². The molecule has 0 amide bonds. The van der Waals surface area contributed by atoms with Crippen molar-refractivity contribution in [2.75, 3.05) is 0 Å². The molecule has 4 rings (SSSR count). The lowest BCUT2D eigenvalue weighted by Gasteiger charge is -2.28. The minimum absolute atomic E-state index is 0.0468. The van der Waals surface area contributed by atoms with Crippen molar-refractivity contribution in [3.8, 4) is 28.4 Å². The van der Waals surface area contributed by atoms with Gasteiger partial charge in [0.1, 0.15) is 11.5 Å². The van der Waals surface area contributed by atoms with Crippen LogP contribution in [-0.2, 0) is 6.42 Å². The average Bonchev–Trinajstić information content (AvgIpc) is 2.87. The Morgan fingerprint density at radius 1 is 0.757 bits per heavy atom. The minimum atomic E-state index is -4.83. The maximum absolute atomic E-state index is 14.7. The largest absolute Gasteiger partial charge is 0.573 e. The Bertz CT molecular complexity index is 1150. The molecule has 1 fully saturated rings. The fourth-order valence-electron chi connectivity index (χ4n) is 5.13. The van der Waals surface area contributed by atoms with Gasteiger partial charge in [-0.2, -0.15) is 4.39 Å². The third-order valence-electron chi connectivity index (χ3n) is 7.10. The Labute approximate surface area is 214 Å². The van der Waals surface area contributed by atoms with Gasteiger partial charge in [-0.15, -0.1) is 13.2 Å². The van der Waals surface area contributed by atoms with Crippen molar-refractivity contribution in [2.24, 2.45) is 11.8 Å². The van der Waals surface area contributed by atoms with Gasteiger partial charge in [0.25, 0.3) is 0 Å². The highest BCUT2D eigenvalue weighted by Crippen LogP contribution is 2.38. The quantitative estimate of drug-likeness (QED) is 0.263. The van der Waals surface area contributed by atoms with E-state index < -0.39 is 23.7 Å². The first-order valence-electron chi connectivity index (χ1n) is 12.8. The smallest absolute Gasteiger partial charge is 0.454 e. The van der Waals surface area contributed by atoms with Gasteiger partial charge in [-0.05, 0) is 72.2 Å². The van der Waals surface area contributed by atoms with Crippen molar-refractivity contribution in [3.63, 3.8) is 0 Å². The predicted molar refractivity (Wildman–Crippen MR) is 134 cm³/mol. The van der Waals surface area contributed by atoms with Crippen LogP contribution in [0.2, 0.25) is 0 Å². The van der Waals surface area contributed by atoms with Gasteiger partial charge in [0.2, 0.25) is 5.82 Å². The molecule has 1 aliphatic rings. The Morgan fingerprint density at radius 2 is 1.35 bits per heavy atom. The van der Waals surface area contributed by atoms with Crippen LogP contribution >= 0.6 is 0 Å². The van der Waals surface area contributed by atoms with Gasteiger partial charge in [0, 0.05) is 5.56 Å². The summed E-state index contributed by atoms with van der Waals surface area (Å²) in [4.78, 5) is 0. The van der Waals surface area contributed by atoms with Crippen LogP contribution in [0.1, 0.15) is 57.4 Å². The second kappa shape index (κ2) is 12.0. The Kier molecular flexibility index (Phi) is 8.72. The molecule has 0 N–H and O–H groups in total. The lowest BCUT2D eigenvalue weighted by molar-refractivity contribution is -0.274. The highest BCUT2D eigenvalue weighted by Gasteiger charge is 2.31. The average molecular weight is 519 g/mol. The molecule has 3 aromatic carbocycles. The molecule has 3 aromatic rings. The molecule has 7 heteroatoms. The summed E-state index contributed by atoms with van der Waals surface area (Å²) in [7, 11) is 0. The molecule has 0 aromatic heterocycles. The van der Waals surface area contributed by atoms with Crippen LogP contribution in [0.3, 0.4) is 0 Å². The molecule has 0 spiro atoms. The second-order valence-electron chi connectivity index (χ2n) is 9.77. The maximum Gasteiger partial charge on any atom is 0.573 e. The van der Waals surface area contributed by atoms with E-state index in [-0.39, 0.29) is 11.5 Å². The Balaban J connectivity index is 1.43. The van der Waals surface area contributed by atoms with Gasteiger partial charge < -0.3 is 9.47 Å². The molecule has 1 saturated carbocycles. The molecular weight excluding hydrogens is 487 g/mol. The molecule has 0 unspecified atom stereocenters. The van der Waals surface area contributed by atoms with Crippen molar-refractivity contribution in [2.45, 2.75) is 64.7 Å². The van der Waals surface area contributed by atoms with E-state index in [4.69, 9.17) is 4.74 Å². The minimum Gasteiger partial charge on any atom is -0.454 e. The number of alkyl halides is 3. The van der Waals surface area contributed by atoms with Crippen LogP contribution in [0, 0.1) is 23.5 Å². The summed E-state index contributed by atoms with van der Waals surface area (Å²) in [5.74, 6) is -1.33. The van der Waals surface area contributed by atoms with Crippen molar-refractivity contribution in [1.82, 2.24) is 0 Å². The summed E-state index contributed by atoms with van der Waals surface area (Å²) in [5, 5.41) is 0. The molecule has 0 atom stereocenters. The molecule has 0 bridgehead atoms. The van der Waals surface area contributed by atoms with Gasteiger partial charge in [-0.1, -0.05) is 69.7 Å². The molecule has 2 nitrogen and oxygen atoms in total. The van der Waals surface area contributed by atoms with Crippen LogP contribution < -0.4 is 9.47 Å². The zero-order valence-electron chi connectivity index (χ0n) is 20.8. The van der Waals surface area contributed by atoms with Gasteiger partial charge in [0.05, 0.1) is 0 Å². The number of rotatable bonds is 9. The molecular formula is C30H31F5O2. The number of ether oxygens (including phenoxy) is 2. The summed E-state index contributed by atoms with van der Waals surface area (Å²) in [5.41, 5.74) is 2.18. The third-order valence-corrected chi connectivity index (χ3v) is 7.10. The first-order chi connectivity index (χ1) is 17.7. The lowest BCUT2D eigenvalue weighted by atomic mass is 9.78. The molecule has 0 saturated heterocycles. The van der Waals surface area contributed by atoms with Crippen molar-refractivity contribution in [3.05, 3.63) is 77.9 Å². The van der Waals surface area contributed by atoms with Crippen LogP contribution in [0.4, 0.5) is 22.0 Å². The SMILES string of the molecule is CCCC1CCC(CCc2ccc(-c3ccc(F)c(F)c3Oc3ccc(OC(F)(F)F)cc3)cc2)CC1. The number of benzene rings is 3. The third kappa shape index (κ3) is 7.46. The van der Waals surface area contributed by atoms with E-state index in [2.05, 4.69) is 11.7 Å². The van der Waals surface area contributed by atoms with Crippen LogP contribution in [0.5, 0.6) is 17.2 Å². The van der Waals surface area contributed by atoms with Gasteiger partial charge in [-0.25, -0.2) is 4.39 Å². The van der Waals surface area contributed by atoms with Gasteiger partial charge in [0.15, 0.2) is 11.6 Å². The van der Waals surface area contributed by atoms with E-state index >= 15 is 0 Å². The monoisotopic (exact) mass is 518 g/mol. The highest BCUT2D eigenvalue weighted by atomic mass is 19.4. The number of aryl methyl sites for hydroxylation is 1. The summed E-state index contributed by atoms with van der Waals surface area (Å²) < 4.78 is 75.4. The fourth-order valence-corrected chi connectivity index (χ4v) is 5.13. The summed E-state index contributed by atoms with van der Waals surface area (Å²) >= 11 is 0. The lowest BCUT2D eigenvalue weighted by Crippen LogP contribution is -2.16. The van der Waals surface area contributed by atoms with E-state index in [0.29, 0.717) is 11.1 Å². The summed E-state index contributed by atoms with van der Waals surface area (Å²) in [6.07, 6.45) is 5.12. The fraction of sp³-hybridized carbons (Fsp3) is 0.400. The normalized spacial score (nSPS) is 18.0. The van der Waals surface area contributed by atoms with E-state index in [1.807, 2.05) is 24.3 Å². The zero-order chi connectivity index (χ0) is 26.4. The van der Waals surface area contributed by atoms with E-state index in [0.717, 1.165) is 42.9 Å². The van der Waals surface area contributed by atoms with Gasteiger partial charge in [-0.3, -0.25) is 0 Å². The van der Waals surface area contributed by atoms with Crippen molar-refractivity contribution in [1.29, 1.82) is 0 Å². The molecule has 0 radical (unpaired) electrons. The van der Waals surface area contributed by atoms with Gasteiger partial charge >= 0.3 is 6.36 Å². The first kappa shape index (κ1) is 27.0. The zero-order valence-corrected chi connectivity index (χ0v) is 20.8. The Hall–Kier alpha value is -3.09. The molecule has 37 heavy (non-hydrogen) atoms. The van der Waals surface area contributed by atoms with Crippen molar-refractivity contribution >= 4 is 0 Å². The summed E-state index contributed by atoms with van der Waals surface area (Å²) in [6.45, 7) is 2.25. The first-order valence-corrected chi connectivity index (χ1v) is 12.8. The predicted octanol–water partition coefficient (Wildman–Crippen LogP) is 9.86. The molecule has 0 heterocycles. The highest BCUT2D eigenvalue weighted by molar-refractivity contribution is 5.71. The van der Waals surface area contributed by atoms with E-state index in [9.17, 15) is 22.0 Å². The van der Waals surface area contributed by atoms with E-state index in [1.54, 1.807) is 0 Å². The van der Waals surface area contributed by atoms with E-state index in [1.165, 1.54) is 62.3 Å². The standard InChI is InChI=1S/C30H31F5O2/c1-2-3-20-4-6-21(7-5-20)8-9-22-10-12-23(13-11-22)26-18-19-27(31)28(32)29(26)36-24-14-16-25(17-15-24)37-30(33,34)35/h10-21H,2-9H2,1H3. The number of hydrogen-bond donors (Lipinski definition) is 0. The molecule has 1 aliphatic carbocycles. The number of halogens is 5. The van der Waals surface area contributed by atoms with Crippen LogP contribution in [0.25, 0.3) is 11.1 Å². The van der Waals surface area contributed by atoms with Crippen LogP contribution in [-0.4, -0.2) is 6.36 Å². The van der Waals surface area contributed by atoms with Crippen LogP contribution in [0.15, 0.2) is 60.7 Å². The molecule has 0 aliphatic heterocycles. The van der Waals surface area contributed by atoms with Crippen molar-refractivity contribution < 1.29 is 31.4 Å². The Morgan fingerprint density at radius 3 is 1.95 bits per heavy atom.